The lowest BCUT2D eigenvalue weighted by Crippen LogP contribution is -2.35. The molecule has 1 aromatic rings. The lowest BCUT2D eigenvalue weighted by atomic mass is 10.1. The number of nitrogens with zero attached hydrogens (tertiary/aromatic N) is 1. The van der Waals surface area contributed by atoms with E-state index in [-0.39, 0.29) is 5.91 Å². The van der Waals surface area contributed by atoms with E-state index in [1.165, 1.54) is 5.56 Å². The second-order valence-electron chi connectivity index (χ2n) is 5.96. The molecule has 21 heavy (non-hydrogen) atoms. The highest BCUT2D eigenvalue weighted by Gasteiger charge is 2.14. The Balaban J connectivity index is 2.26. The molecule has 4 nitrogen and oxygen atoms in total. The Hall–Kier alpha value is -1.39. The number of aryl methyl sites for hydroxylation is 1. The Kier molecular flexibility index (Phi) is 7.40. The maximum Gasteiger partial charge on any atom is 0.241 e. The predicted molar refractivity (Wildman–Crippen MR) is 88.1 cm³/mol. The highest BCUT2D eigenvalue weighted by atomic mass is 16.2. The number of carbonyl (C=O) groups is 1. The summed E-state index contributed by atoms with van der Waals surface area (Å²) in [5.41, 5.74) is 8.00. The number of rotatable bonds is 8. The normalized spacial score (nSPS) is 12.7. The highest BCUT2D eigenvalue weighted by molar-refractivity contribution is 5.82. The first-order chi connectivity index (χ1) is 9.91. The maximum absolute atomic E-state index is 12.0. The van der Waals surface area contributed by atoms with Crippen LogP contribution >= 0.6 is 0 Å². The number of hydrogen-bond acceptors (Lipinski definition) is 3. The van der Waals surface area contributed by atoms with Gasteiger partial charge in [-0.05, 0) is 52.8 Å². The van der Waals surface area contributed by atoms with Crippen molar-refractivity contribution in [2.24, 2.45) is 5.73 Å². The first-order valence-corrected chi connectivity index (χ1v) is 7.72. The van der Waals surface area contributed by atoms with E-state index in [1.807, 2.05) is 31.2 Å². The van der Waals surface area contributed by atoms with Crippen LogP contribution in [-0.4, -0.2) is 37.0 Å². The molecule has 1 atom stereocenters. The van der Waals surface area contributed by atoms with E-state index in [4.69, 9.17) is 5.73 Å². The summed E-state index contributed by atoms with van der Waals surface area (Å²) in [7, 11) is 2.12. The van der Waals surface area contributed by atoms with Crippen LogP contribution in [0.5, 0.6) is 0 Å². The third-order valence-electron chi connectivity index (χ3n) is 3.84. The van der Waals surface area contributed by atoms with Gasteiger partial charge in [0.05, 0.1) is 0 Å². The standard InChI is InChI=1S/C17H29N3O/c1-13(2)20(4)12-6-5-11-19-17(21)16(18)15-9-7-14(3)8-10-15/h7-10,13,16H,5-6,11-12,18H2,1-4H3,(H,19,21). The third kappa shape index (κ3) is 6.27. The highest BCUT2D eigenvalue weighted by Crippen LogP contribution is 2.11. The summed E-state index contributed by atoms with van der Waals surface area (Å²) in [4.78, 5) is 14.3. The van der Waals surface area contributed by atoms with Gasteiger partial charge in [0.15, 0.2) is 0 Å². The predicted octanol–water partition coefficient (Wildman–Crippen LogP) is 2.23. The largest absolute Gasteiger partial charge is 0.354 e. The van der Waals surface area contributed by atoms with Crippen LogP contribution in [0.3, 0.4) is 0 Å². The van der Waals surface area contributed by atoms with Gasteiger partial charge in [0.2, 0.25) is 5.91 Å². The van der Waals surface area contributed by atoms with Gasteiger partial charge >= 0.3 is 0 Å². The SMILES string of the molecule is Cc1ccc(C(N)C(=O)NCCCCN(C)C(C)C)cc1. The second-order valence-corrected chi connectivity index (χ2v) is 5.96. The molecule has 0 bridgehead atoms. The van der Waals surface area contributed by atoms with Gasteiger partial charge in [0.1, 0.15) is 6.04 Å². The van der Waals surface area contributed by atoms with Crippen LogP contribution < -0.4 is 11.1 Å². The van der Waals surface area contributed by atoms with Crippen molar-refractivity contribution in [3.05, 3.63) is 35.4 Å². The molecule has 0 fully saturated rings. The maximum atomic E-state index is 12.0. The van der Waals surface area contributed by atoms with E-state index in [2.05, 4.69) is 31.1 Å². The minimum atomic E-state index is -0.580. The molecule has 1 amide bonds. The third-order valence-corrected chi connectivity index (χ3v) is 3.84. The molecule has 0 radical (unpaired) electrons. The van der Waals surface area contributed by atoms with Crippen molar-refractivity contribution in [1.29, 1.82) is 0 Å². The Morgan fingerprint density at radius 3 is 2.43 bits per heavy atom. The number of amides is 1. The molecular weight excluding hydrogens is 262 g/mol. The average molecular weight is 291 g/mol. The molecule has 3 N–H and O–H groups in total. The van der Waals surface area contributed by atoms with Crippen molar-refractivity contribution >= 4 is 5.91 Å². The summed E-state index contributed by atoms with van der Waals surface area (Å²) in [5, 5.41) is 2.92. The van der Waals surface area contributed by atoms with Crippen LogP contribution in [0.25, 0.3) is 0 Å². The topological polar surface area (TPSA) is 58.4 Å². The molecule has 1 unspecified atom stereocenters. The van der Waals surface area contributed by atoms with Crippen LogP contribution in [0.4, 0.5) is 0 Å². The molecule has 4 heteroatoms. The van der Waals surface area contributed by atoms with Crippen LogP contribution in [-0.2, 0) is 4.79 Å². The number of unbranched alkanes of at least 4 members (excludes halogenated alkanes) is 1. The fraction of sp³-hybridized carbons (Fsp3) is 0.588. The Labute approximate surface area is 128 Å². The van der Waals surface area contributed by atoms with Gasteiger partial charge < -0.3 is 16.0 Å². The van der Waals surface area contributed by atoms with Gasteiger partial charge in [-0.1, -0.05) is 29.8 Å². The first-order valence-electron chi connectivity index (χ1n) is 7.72. The second kappa shape index (κ2) is 8.80. The zero-order valence-electron chi connectivity index (χ0n) is 13.7. The summed E-state index contributed by atoms with van der Waals surface area (Å²) < 4.78 is 0. The molecule has 0 aliphatic heterocycles. The lowest BCUT2D eigenvalue weighted by molar-refractivity contribution is -0.122. The van der Waals surface area contributed by atoms with E-state index in [0.29, 0.717) is 12.6 Å². The fourth-order valence-electron chi connectivity index (χ4n) is 1.99. The summed E-state index contributed by atoms with van der Waals surface area (Å²) in [6.07, 6.45) is 2.05. The van der Waals surface area contributed by atoms with Gasteiger partial charge in [-0.3, -0.25) is 4.79 Å². The number of nitrogens with one attached hydrogen (secondary N) is 1. The molecule has 0 aromatic heterocycles. The molecule has 118 valence electrons. The number of carbonyl (C=O) groups excluding carboxylic acids is 1. The summed E-state index contributed by atoms with van der Waals surface area (Å²) in [6.45, 7) is 8.12. The molecule has 1 aromatic carbocycles. The first kappa shape index (κ1) is 17.7. The van der Waals surface area contributed by atoms with Crippen molar-refractivity contribution in [3.8, 4) is 0 Å². The van der Waals surface area contributed by atoms with Crippen LogP contribution in [0.2, 0.25) is 0 Å². The Bertz CT molecular complexity index is 428. The lowest BCUT2D eigenvalue weighted by Gasteiger charge is -2.20. The van der Waals surface area contributed by atoms with E-state index in [9.17, 15) is 4.79 Å². The van der Waals surface area contributed by atoms with Gasteiger partial charge in [-0.15, -0.1) is 0 Å². The van der Waals surface area contributed by atoms with E-state index in [0.717, 1.165) is 24.9 Å². The number of benzene rings is 1. The fourth-order valence-corrected chi connectivity index (χ4v) is 1.99. The molecule has 0 saturated heterocycles. The summed E-state index contributed by atoms with van der Waals surface area (Å²) in [5.74, 6) is -0.101. The molecule has 0 heterocycles. The van der Waals surface area contributed by atoms with Crippen LogP contribution in [0.15, 0.2) is 24.3 Å². The molecule has 0 spiro atoms. The van der Waals surface area contributed by atoms with Gasteiger partial charge in [-0.2, -0.15) is 0 Å². The van der Waals surface area contributed by atoms with Gasteiger partial charge in [0.25, 0.3) is 0 Å². The minimum Gasteiger partial charge on any atom is -0.354 e. The van der Waals surface area contributed by atoms with Crippen LogP contribution in [0.1, 0.15) is 43.9 Å². The van der Waals surface area contributed by atoms with Gasteiger partial charge in [0, 0.05) is 12.6 Å². The Morgan fingerprint density at radius 1 is 1.24 bits per heavy atom. The number of nitrogens with two attached hydrogens (primary N) is 1. The molecule has 0 aliphatic carbocycles. The molecule has 1 rings (SSSR count). The zero-order chi connectivity index (χ0) is 15.8. The smallest absolute Gasteiger partial charge is 0.241 e. The summed E-state index contributed by atoms with van der Waals surface area (Å²) in [6, 6.07) is 7.77. The average Bonchev–Trinajstić information content (AvgIpc) is 2.46. The zero-order valence-corrected chi connectivity index (χ0v) is 13.7. The monoisotopic (exact) mass is 291 g/mol. The Morgan fingerprint density at radius 2 is 1.86 bits per heavy atom. The van der Waals surface area contributed by atoms with Crippen molar-refractivity contribution in [2.75, 3.05) is 20.1 Å². The molecule has 0 aliphatic rings. The number of hydrogen-bond donors (Lipinski definition) is 2. The van der Waals surface area contributed by atoms with Crippen molar-refractivity contribution < 1.29 is 4.79 Å². The van der Waals surface area contributed by atoms with Crippen LogP contribution in [0, 0.1) is 6.92 Å². The quantitative estimate of drug-likeness (QED) is 0.722. The summed E-state index contributed by atoms with van der Waals surface area (Å²) >= 11 is 0. The van der Waals surface area contributed by atoms with E-state index < -0.39 is 6.04 Å². The van der Waals surface area contributed by atoms with Crippen molar-refractivity contribution in [3.63, 3.8) is 0 Å². The van der Waals surface area contributed by atoms with Crippen molar-refractivity contribution in [1.82, 2.24) is 10.2 Å². The van der Waals surface area contributed by atoms with E-state index in [1.54, 1.807) is 0 Å². The van der Waals surface area contributed by atoms with E-state index >= 15 is 0 Å². The molecule has 0 saturated carbocycles. The van der Waals surface area contributed by atoms with Crippen molar-refractivity contribution in [2.45, 2.75) is 45.7 Å². The van der Waals surface area contributed by atoms with Gasteiger partial charge in [-0.25, -0.2) is 0 Å². The minimum absolute atomic E-state index is 0.101. The molecular formula is C17H29N3O.